The SMILES string of the molecule is COc1cc2nc(C)c(-c3ccc(Oc4ccc(OC(F)(F)F)cc4)cc3)c(OC(=O)C(C)(C)C)c2cc1F. The van der Waals surface area contributed by atoms with Crippen molar-refractivity contribution in [2.45, 2.75) is 34.1 Å². The van der Waals surface area contributed by atoms with E-state index in [-0.39, 0.29) is 17.2 Å². The Morgan fingerprint density at radius 1 is 0.872 bits per heavy atom. The van der Waals surface area contributed by atoms with Gasteiger partial charge >= 0.3 is 12.3 Å². The summed E-state index contributed by atoms with van der Waals surface area (Å²) in [5.74, 6) is -0.642. The number of methoxy groups -OCH3 is 1. The first-order valence-electron chi connectivity index (χ1n) is 11.8. The fourth-order valence-electron chi connectivity index (χ4n) is 3.74. The van der Waals surface area contributed by atoms with Gasteiger partial charge in [-0.1, -0.05) is 12.1 Å². The van der Waals surface area contributed by atoms with Gasteiger partial charge in [-0.25, -0.2) is 4.39 Å². The fourth-order valence-corrected chi connectivity index (χ4v) is 3.74. The van der Waals surface area contributed by atoms with Crippen molar-refractivity contribution in [3.8, 4) is 39.9 Å². The van der Waals surface area contributed by atoms with E-state index >= 15 is 0 Å². The molecule has 0 aliphatic heterocycles. The molecule has 4 rings (SSSR count). The largest absolute Gasteiger partial charge is 0.573 e. The van der Waals surface area contributed by atoms with Crippen LogP contribution in [0.25, 0.3) is 22.0 Å². The third-order valence-electron chi connectivity index (χ3n) is 5.63. The van der Waals surface area contributed by atoms with Crippen molar-refractivity contribution >= 4 is 16.9 Å². The summed E-state index contributed by atoms with van der Waals surface area (Å²) in [5, 5.41) is 0.299. The maximum atomic E-state index is 14.7. The third-order valence-corrected chi connectivity index (χ3v) is 5.63. The molecule has 204 valence electrons. The van der Waals surface area contributed by atoms with Crippen molar-refractivity contribution in [1.29, 1.82) is 0 Å². The maximum Gasteiger partial charge on any atom is 0.573 e. The second kappa shape index (κ2) is 10.4. The first-order valence-corrected chi connectivity index (χ1v) is 11.8. The van der Waals surface area contributed by atoms with Crippen LogP contribution in [0, 0.1) is 18.2 Å². The van der Waals surface area contributed by atoms with Gasteiger partial charge in [0.1, 0.15) is 23.0 Å². The van der Waals surface area contributed by atoms with E-state index in [1.165, 1.54) is 31.4 Å². The summed E-state index contributed by atoms with van der Waals surface area (Å²) in [5.41, 5.74) is 1.20. The number of esters is 1. The molecule has 0 aliphatic rings. The lowest BCUT2D eigenvalue weighted by Crippen LogP contribution is -2.26. The minimum atomic E-state index is -4.79. The molecule has 4 aromatic rings. The summed E-state index contributed by atoms with van der Waals surface area (Å²) in [6.45, 7) is 6.88. The van der Waals surface area contributed by atoms with Gasteiger partial charge in [-0.2, -0.15) is 0 Å². The molecule has 0 N–H and O–H groups in total. The van der Waals surface area contributed by atoms with Crippen LogP contribution in [0.1, 0.15) is 26.5 Å². The molecule has 0 atom stereocenters. The van der Waals surface area contributed by atoms with Crippen LogP contribution in [-0.4, -0.2) is 24.4 Å². The number of carbonyl (C=O) groups is 1. The number of halogens is 4. The van der Waals surface area contributed by atoms with Crippen LogP contribution < -0.4 is 18.9 Å². The molecule has 0 amide bonds. The first-order chi connectivity index (χ1) is 18.2. The second-order valence-corrected chi connectivity index (χ2v) is 9.69. The molecule has 0 saturated heterocycles. The number of aryl methyl sites for hydroxylation is 1. The van der Waals surface area contributed by atoms with E-state index < -0.39 is 23.6 Å². The zero-order chi connectivity index (χ0) is 28.5. The average molecular weight is 544 g/mol. The highest BCUT2D eigenvalue weighted by atomic mass is 19.4. The molecule has 0 fully saturated rings. The predicted octanol–water partition coefficient (Wildman–Crippen LogP) is 8.00. The fraction of sp³-hybridized carbons (Fsp3) is 0.241. The molecule has 0 saturated carbocycles. The maximum absolute atomic E-state index is 14.7. The molecule has 0 spiro atoms. The average Bonchev–Trinajstić information content (AvgIpc) is 2.84. The molecular formula is C29H25F4NO5. The molecule has 39 heavy (non-hydrogen) atoms. The van der Waals surface area contributed by atoms with Crippen molar-refractivity contribution in [3.05, 3.63) is 72.2 Å². The Kier molecular flexibility index (Phi) is 7.41. The molecule has 0 bridgehead atoms. The molecule has 3 aromatic carbocycles. The van der Waals surface area contributed by atoms with Crippen molar-refractivity contribution in [2.24, 2.45) is 5.41 Å². The number of ether oxygens (including phenoxy) is 4. The highest BCUT2D eigenvalue weighted by Crippen LogP contribution is 2.41. The summed E-state index contributed by atoms with van der Waals surface area (Å²) in [6.07, 6.45) is -4.79. The monoisotopic (exact) mass is 543 g/mol. The molecule has 1 heterocycles. The normalized spacial score (nSPS) is 11.8. The Hall–Kier alpha value is -4.34. The quantitative estimate of drug-likeness (QED) is 0.181. The lowest BCUT2D eigenvalue weighted by molar-refractivity contribution is -0.274. The third kappa shape index (κ3) is 6.39. The minimum Gasteiger partial charge on any atom is -0.494 e. The van der Waals surface area contributed by atoms with Gasteiger partial charge in [-0.15, -0.1) is 13.2 Å². The van der Waals surface area contributed by atoms with E-state index in [0.717, 1.165) is 12.1 Å². The highest BCUT2D eigenvalue weighted by Gasteiger charge is 2.31. The van der Waals surface area contributed by atoms with E-state index in [2.05, 4.69) is 9.72 Å². The topological polar surface area (TPSA) is 66.9 Å². The number of rotatable bonds is 6. The molecular weight excluding hydrogens is 518 g/mol. The molecule has 0 radical (unpaired) electrons. The summed E-state index contributed by atoms with van der Waals surface area (Å²) in [6, 6.07) is 14.3. The summed E-state index contributed by atoms with van der Waals surface area (Å²) in [7, 11) is 1.35. The molecule has 0 aliphatic carbocycles. The van der Waals surface area contributed by atoms with Crippen molar-refractivity contribution in [3.63, 3.8) is 0 Å². The zero-order valence-electron chi connectivity index (χ0n) is 21.8. The summed E-state index contributed by atoms with van der Waals surface area (Å²) >= 11 is 0. The minimum absolute atomic E-state index is 0.00903. The molecule has 1 aromatic heterocycles. The highest BCUT2D eigenvalue weighted by molar-refractivity contribution is 5.97. The number of hydrogen-bond donors (Lipinski definition) is 0. The smallest absolute Gasteiger partial charge is 0.494 e. The Bertz CT molecular complexity index is 1510. The van der Waals surface area contributed by atoms with Crippen LogP contribution in [0.4, 0.5) is 17.6 Å². The van der Waals surface area contributed by atoms with Gasteiger partial charge in [0.25, 0.3) is 0 Å². The van der Waals surface area contributed by atoms with E-state index in [1.807, 2.05) is 0 Å². The number of fused-ring (bicyclic) bond motifs is 1. The van der Waals surface area contributed by atoms with Crippen LogP contribution in [0.5, 0.6) is 28.7 Å². The second-order valence-electron chi connectivity index (χ2n) is 9.69. The van der Waals surface area contributed by atoms with Crippen LogP contribution >= 0.6 is 0 Å². The van der Waals surface area contributed by atoms with Crippen LogP contribution in [-0.2, 0) is 4.79 Å². The predicted molar refractivity (Wildman–Crippen MR) is 137 cm³/mol. The Morgan fingerprint density at radius 2 is 1.44 bits per heavy atom. The van der Waals surface area contributed by atoms with Crippen molar-refractivity contribution in [2.75, 3.05) is 7.11 Å². The van der Waals surface area contributed by atoms with E-state index in [1.54, 1.807) is 52.0 Å². The van der Waals surface area contributed by atoms with Crippen LogP contribution in [0.3, 0.4) is 0 Å². The Morgan fingerprint density at radius 3 is 1.97 bits per heavy atom. The van der Waals surface area contributed by atoms with Crippen molar-refractivity contribution in [1.82, 2.24) is 4.98 Å². The first kappa shape index (κ1) is 27.7. The summed E-state index contributed by atoms with van der Waals surface area (Å²) < 4.78 is 72.4. The Labute approximate surface area is 222 Å². The number of hydrogen-bond acceptors (Lipinski definition) is 6. The van der Waals surface area contributed by atoms with Gasteiger partial charge in [-0.05, 0) is 75.7 Å². The van der Waals surface area contributed by atoms with Gasteiger partial charge in [0.05, 0.1) is 18.0 Å². The van der Waals surface area contributed by atoms with Gasteiger partial charge in [-0.3, -0.25) is 9.78 Å². The standard InChI is InChI=1S/C29H25F4NO5/c1-16-25(17-6-8-18(9-7-17)37-19-10-12-20(13-11-19)39-29(31,32)33)26(38-27(35)28(2,3)4)21-14-22(30)24(36-5)15-23(21)34-16/h6-15H,1-5H3. The lowest BCUT2D eigenvalue weighted by atomic mass is 9.96. The summed E-state index contributed by atoms with van der Waals surface area (Å²) in [4.78, 5) is 17.5. The molecule has 6 nitrogen and oxygen atoms in total. The number of pyridine rings is 1. The number of aromatic nitrogens is 1. The van der Waals surface area contributed by atoms with Gasteiger partial charge in [0, 0.05) is 22.7 Å². The van der Waals surface area contributed by atoms with Gasteiger partial charge < -0.3 is 18.9 Å². The van der Waals surface area contributed by atoms with E-state index in [4.69, 9.17) is 14.2 Å². The van der Waals surface area contributed by atoms with Crippen LogP contribution in [0.2, 0.25) is 0 Å². The number of nitrogens with zero attached hydrogens (tertiary/aromatic N) is 1. The number of alkyl halides is 3. The van der Waals surface area contributed by atoms with Crippen molar-refractivity contribution < 1.29 is 41.3 Å². The van der Waals surface area contributed by atoms with Gasteiger partial charge in [0.15, 0.2) is 11.6 Å². The van der Waals surface area contributed by atoms with Gasteiger partial charge in [0.2, 0.25) is 0 Å². The number of carbonyl (C=O) groups excluding carboxylic acids is 1. The van der Waals surface area contributed by atoms with E-state index in [0.29, 0.717) is 39.2 Å². The number of benzene rings is 3. The zero-order valence-corrected chi connectivity index (χ0v) is 21.8. The van der Waals surface area contributed by atoms with Crippen LogP contribution in [0.15, 0.2) is 60.7 Å². The Balaban J connectivity index is 1.71. The molecule has 0 unspecified atom stereocenters. The lowest BCUT2D eigenvalue weighted by Gasteiger charge is -2.21. The molecule has 10 heteroatoms. The van der Waals surface area contributed by atoms with E-state index in [9.17, 15) is 22.4 Å².